The molecule has 0 aromatic carbocycles. The van der Waals surface area contributed by atoms with Gasteiger partial charge in [0.2, 0.25) is 10.0 Å². The number of fused-ring (bicyclic) bond motifs is 1. The van der Waals surface area contributed by atoms with Gasteiger partial charge in [-0.05, 0) is 30.7 Å². The fourth-order valence-corrected chi connectivity index (χ4v) is 4.94. The molecule has 0 N–H and O–H groups in total. The van der Waals surface area contributed by atoms with Crippen molar-refractivity contribution in [2.24, 2.45) is 0 Å². The van der Waals surface area contributed by atoms with Gasteiger partial charge in [0.15, 0.2) is 10.8 Å². The summed E-state index contributed by atoms with van der Waals surface area (Å²) in [4.78, 5) is 4.55. The van der Waals surface area contributed by atoms with Gasteiger partial charge < -0.3 is 0 Å². The lowest BCUT2D eigenvalue weighted by Crippen LogP contribution is -2.30. The molecule has 138 valence electrons. The molecule has 0 radical (unpaired) electrons. The van der Waals surface area contributed by atoms with Gasteiger partial charge in [-0.1, -0.05) is 31.7 Å². The number of hydrogen-bond acceptors (Lipinski definition) is 6. The minimum absolute atomic E-state index is 0.250. The number of thioether (sulfide) groups is 1. The SMILES string of the molecule is CCN(CC)S(=O)(=O)c1ccc2nnc(SCCc3ccccn3)n2c1. The minimum atomic E-state index is -3.51. The van der Waals surface area contributed by atoms with Crippen LogP contribution in [-0.4, -0.2) is 51.1 Å². The molecular formula is C17H21N5O2S2. The summed E-state index contributed by atoms with van der Waals surface area (Å²) < 4.78 is 28.6. The van der Waals surface area contributed by atoms with Gasteiger partial charge in [0.05, 0.1) is 4.90 Å². The molecule has 3 aromatic rings. The second-order valence-corrected chi connectivity index (χ2v) is 8.58. The monoisotopic (exact) mass is 391 g/mol. The molecule has 0 unspecified atom stereocenters. The molecule has 0 saturated heterocycles. The Hall–Kier alpha value is -1.97. The van der Waals surface area contributed by atoms with Crippen molar-refractivity contribution in [1.29, 1.82) is 0 Å². The highest BCUT2D eigenvalue weighted by molar-refractivity contribution is 7.99. The lowest BCUT2D eigenvalue weighted by atomic mass is 10.3. The number of nitrogens with zero attached hydrogens (tertiary/aromatic N) is 5. The first kappa shape index (κ1) is 18.8. The topological polar surface area (TPSA) is 80.5 Å². The molecule has 26 heavy (non-hydrogen) atoms. The Morgan fingerprint density at radius 1 is 1.12 bits per heavy atom. The zero-order valence-corrected chi connectivity index (χ0v) is 16.4. The predicted octanol–water partition coefficient (Wildman–Crippen LogP) is 2.49. The van der Waals surface area contributed by atoms with Crippen molar-refractivity contribution in [3.63, 3.8) is 0 Å². The first-order chi connectivity index (χ1) is 12.6. The van der Waals surface area contributed by atoms with E-state index in [0.717, 1.165) is 17.9 Å². The fraction of sp³-hybridized carbons (Fsp3) is 0.353. The maximum Gasteiger partial charge on any atom is 0.244 e. The van der Waals surface area contributed by atoms with Crippen molar-refractivity contribution < 1.29 is 8.42 Å². The second-order valence-electron chi connectivity index (χ2n) is 5.58. The Kier molecular flexibility index (Phi) is 5.90. The first-order valence-electron chi connectivity index (χ1n) is 8.44. The van der Waals surface area contributed by atoms with Gasteiger partial charge in [-0.2, -0.15) is 4.31 Å². The average Bonchev–Trinajstić information content (AvgIpc) is 3.06. The lowest BCUT2D eigenvalue weighted by Gasteiger charge is -2.18. The summed E-state index contributed by atoms with van der Waals surface area (Å²) in [5.41, 5.74) is 1.64. The zero-order valence-electron chi connectivity index (χ0n) is 14.7. The van der Waals surface area contributed by atoms with Crippen LogP contribution in [-0.2, 0) is 16.4 Å². The van der Waals surface area contributed by atoms with Crippen LogP contribution in [0.3, 0.4) is 0 Å². The number of pyridine rings is 2. The summed E-state index contributed by atoms with van der Waals surface area (Å²) in [7, 11) is -3.51. The number of aryl methyl sites for hydroxylation is 1. The fourth-order valence-electron chi connectivity index (χ4n) is 2.61. The Morgan fingerprint density at radius 3 is 2.62 bits per heavy atom. The molecule has 3 aromatic heterocycles. The van der Waals surface area contributed by atoms with E-state index in [4.69, 9.17) is 0 Å². The van der Waals surface area contributed by atoms with E-state index in [9.17, 15) is 8.42 Å². The van der Waals surface area contributed by atoms with Crippen LogP contribution in [0.5, 0.6) is 0 Å². The predicted molar refractivity (Wildman–Crippen MR) is 102 cm³/mol. The van der Waals surface area contributed by atoms with Gasteiger partial charge in [-0.3, -0.25) is 9.38 Å². The molecule has 7 nitrogen and oxygen atoms in total. The third-order valence-electron chi connectivity index (χ3n) is 4.00. The number of hydrogen-bond donors (Lipinski definition) is 0. The molecular weight excluding hydrogens is 370 g/mol. The van der Waals surface area contributed by atoms with Gasteiger partial charge >= 0.3 is 0 Å². The number of rotatable bonds is 8. The highest BCUT2D eigenvalue weighted by atomic mass is 32.2. The van der Waals surface area contributed by atoms with Gasteiger partial charge in [-0.15, -0.1) is 10.2 Å². The molecule has 0 amide bonds. The normalized spacial score (nSPS) is 12.1. The van der Waals surface area contributed by atoms with E-state index < -0.39 is 10.0 Å². The third kappa shape index (κ3) is 3.89. The molecule has 0 aliphatic rings. The van der Waals surface area contributed by atoms with Gasteiger partial charge in [0, 0.05) is 36.9 Å². The van der Waals surface area contributed by atoms with Crippen LogP contribution in [0.25, 0.3) is 5.65 Å². The lowest BCUT2D eigenvalue weighted by molar-refractivity contribution is 0.445. The highest BCUT2D eigenvalue weighted by Crippen LogP contribution is 2.21. The van der Waals surface area contributed by atoms with E-state index in [2.05, 4.69) is 15.2 Å². The molecule has 0 bridgehead atoms. The molecule has 0 aliphatic carbocycles. The van der Waals surface area contributed by atoms with E-state index in [0.29, 0.717) is 23.9 Å². The van der Waals surface area contributed by atoms with E-state index in [-0.39, 0.29) is 4.90 Å². The Labute approximate surface area is 157 Å². The Balaban J connectivity index is 1.82. The molecule has 3 heterocycles. The van der Waals surface area contributed by atoms with Crippen LogP contribution in [0.1, 0.15) is 19.5 Å². The van der Waals surface area contributed by atoms with Crippen LogP contribution < -0.4 is 0 Å². The molecule has 0 fully saturated rings. The van der Waals surface area contributed by atoms with Crippen molar-refractivity contribution in [3.05, 3.63) is 48.4 Å². The standard InChI is InChI=1S/C17H21N5O2S2/c1-3-21(4-2)26(23,24)15-8-9-16-19-20-17(22(16)13-15)25-12-10-14-7-5-6-11-18-14/h5-9,11,13H,3-4,10,12H2,1-2H3. The van der Waals surface area contributed by atoms with Crippen molar-refractivity contribution in [1.82, 2.24) is 23.9 Å². The molecule has 0 spiro atoms. The summed E-state index contributed by atoms with van der Waals surface area (Å²) >= 11 is 1.53. The summed E-state index contributed by atoms with van der Waals surface area (Å²) in [5, 5.41) is 8.98. The van der Waals surface area contributed by atoms with Crippen LogP contribution in [0, 0.1) is 0 Å². The molecule has 3 rings (SSSR count). The number of sulfonamides is 1. The van der Waals surface area contributed by atoms with Gasteiger partial charge in [0.1, 0.15) is 0 Å². The largest absolute Gasteiger partial charge is 0.276 e. The number of aromatic nitrogens is 4. The molecule has 0 aliphatic heterocycles. The summed E-state index contributed by atoms with van der Waals surface area (Å²) in [5.74, 6) is 0.783. The second kappa shape index (κ2) is 8.15. The average molecular weight is 392 g/mol. The first-order valence-corrected chi connectivity index (χ1v) is 10.9. The quantitative estimate of drug-likeness (QED) is 0.549. The van der Waals surface area contributed by atoms with Crippen molar-refractivity contribution in [2.45, 2.75) is 30.3 Å². The van der Waals surface area contributed by atoms with Gasteiger partial charge in [-0.25, -0.2) is 8.42 Å². The summed E-state index contributed by atoms with van der Waals surface area (Å²) in [6.45, 7) is 4.53. The zero-order chi connectivity index (χ0) is 18.6. The van der Waals surface area contributed by atoms with Crippen molar-refractivity contribution in [2.75, 3.05) is 18.8 Å². The van der Waals surface area contributed by atoms with Crippen molar-refractivity contribution in [3.8, 4) is 0 Å². The maximum absolute atomic E-state index is 12.7. The molecule has 0 atom stereocenters. The van der Waals surface area contributed by atoms with E-state index in [1.807, 2.05) is 32.0 Å². The maximum atomic E-state index is 12.7. The van der Waals surface area contributed by atoms with Crippen LogP contribution in [0.4, 0.5) is 0 Å². The Morgan fingerprint density at radius 2 is 1.92 bits per heavy atom. The van der Waals surface area contributed by atoms with E-state index in [1.54, 1.807) is 28.9 Å². The molecule has 0 saturated carbocycles. The summed E-state index contributed by atoms with van der Waals surface area (Å²) in [6, 6.07) is 9.10. The Bertz CT molecular complexity index is 969. The van der Waals surface area contributed by atoms with Crippen LogP contribution in [0.2, 0.25) is 0 Å². The summed E-state index contributed by atoms with van der Waals surface area (Å²) in [6.07, 6.45) is 4.18. The van der Waals surface area contributed by atoms with Crippen molar-refractivity contribution >= 4 is 27.4 Å². The minimum Gasteiger partial charge on any atom is -0.276 e. The van der Waals surface area contributed by atoms with Crippen LogP contribution in [0.15, 0.2) is 52.8 Å². The third-order valence-corrected chi connectivity index (χ3v) is 6.98. The van der Waals surface area contributed by atoms with E-state index in [1.165, 1.54) is 16.1 Å². The molecule has 9 heteroatoms. The highest BCUT2D eigenvalue weighted by Gasteiger charge is 2.22. The van der Waals surface area contributed by atoms with Gasteiger partial charge in [0.25, 0.3) is 0 Å². The van der Waals surface area contributed by atoms with E-state index >= 15 is 0 Å². The van der Waals surface area contributed by atoms with Crippen LogP contribution >= 0.6 is 11.8 Å². The smallest absolute Gasteiger partial charge is 0.244 e.